The zero-order valence-corrected chi connectivity index (χ0v) is 16.9. The van der Waals surface area contributed by atoms with Crippen molar-refractivity contribution in [3.05, 3.63) is 59.1 Å². The van der Waals surface area contributed by atoms with E-state index in [0.29, 0.717) is 23.6 Å². The van der Waals surface area contributed by atoms with Crippen LogP contribution < -0.4 is 20.8 Å². The minimum Gasteiger partial charge on any atom is -0.482 e. The van der Waals surface area contributed by atoms with E-state index in [2.05, 4.69) is 21.2 Å². The number of nitrogens with zero attached hydrogens (tertiary/aromatic N) is 1. The second kappa shape index (κ2) is 12.2. The van der Waals surface area contributed by atoms with Crippen LogP contribution in [0.25, 0.3) is 0 Å². The van der Waals surface area contributed by atoms with E-state index in [1.807, 2.05) is 18.2 Å². The second-order valence-corrected chi connectivity index (χ2v) is 6.25. The fourth-order valence-electron chi connectivity index (χ4n) is 2.14. The average molecular weight is 433 g/mol. The highest BCUT2D eigenvalue weighted by Crippen LogP contribution is 2.25. The van der Waals surface area contributed by atoms with E-state index in [0.717, 1.165) is 0 Å². The molecule has 2 aromatic rings. The Kier molecular flexibility index (Phi) is 9.29. The summed E-state index contributed by atoms with van der Waals surface area (Å²) < 4.78 is 10.2. The van der Waals surface area contributed by atoms with Crippen LogP contribution in [0, 0.1) is 0 Å². The minimum atomic E-state index is -0.905. The molecule has 0 atom stereocenters. The first-order valence-electron chi connectivity index (χ1n) is 8.87. The standard InChI is InChI=1S/C20H21ClN4O5/c1-29-10-9-22-19(27)20(28)25-23-12-14-7-8-17(16(21)11-14)30-13-18(26)24-15-5-3-2-4-6-15/h2-8,11-12H,9-10,13H2,1H3,(H,22,27)(H,24,26)(H,25,28)/b23-12-. The molecule has 9 nitrogen and oxygen atoms in total. The highest BCUT2D eigenvalue weighted by molar-refractivity contribution is 6.35. The predicted octanol–water partition coefficient (Wildman–Crippen LogP) is 1.57. The van der Waals surface area contributed by atoms with Crippen LogP contribution in [0.2, 0.25) is 5.02 Å². The summed E-state index contributed by atoms with van der Waals surface area (Å²) in [7, 11) is 1.48. The highest BCUT2D eigenvalue weighted by Gasteiger charge is 2.11. The normalized spacial score (nSPS) is 10.5. The van der Waals surface area contributed by atoms with Crippen molar-refractivity contribution in [3.63, 3.8) is 0 Å². The summed E-state index contributed by atoms with van der Waals surface area (Å²) in [4.78, 5) is 35.0. The van der Waals surface area contributed by atoms with Gasteiger partial charge in [-0.1, -0.05) is 29.8 Å². The van der Waals surface area contributed by atoms with Crippen molar-refractivity contribution in [2.24, 2.45) is 5.10 Å². The van der Waals surface area contributed by atoms with Gasteiger partial charge in [0, 0.05) is 19.3 Å². The van der Waals surface area contributed by atoms with Gasteiger partial charge >= 0.3 is 11.8 Å². The Morgan fingerprint density at radius 1 is 1.10 bits per heavy atom. The van der Waals surface area contributed by atoms with Gasteiger partial charge in [-0.2, -0.15) is 5.10 Å². The number of ether oxygens (including phenoxy) is 2. The van der Waals surface area contributed by atoms with Crippen LogP contribution in [-0.2, 0) is 19.1 Å². The maximum Gasteiger partial charge on any atom is 0.329 e. The smallest absolute Gasteiger partial charge is 0.329 e. The molecule has 0 fully saturated rings. The number of halogens is 1. The molecule has 0 saturated carbocycles. The first-order chi connectivity index (χ1) is 14.5. The maximum absolute atomic E-state index is 11.9. The Morgan fingerprint density at radius 2 is 1.87 bits per heavy atom. The highest BCUT2D eigenvalue weighted by atomic mass is 35.5. The summed E-state index contributed by atoms with van der Waals surface area (Å²) in [6.45, 7) is 0.298. The van der Waals surface area contributed by atoms with Crippen LogP contribution in [0.3, 0.4) is 0 Å². The van der Waals surface area contributed by atoms with Gasteiger partial charge in [0.2, 0.25) is 0 Å². The molecule has 0 unspecified atom stereocenters. The molecule has 2 rings (SSSR count). The first-order valence-corrected chi connectivity index (χ1v) is 9.25. The number of nitrogens with one attached hydrogen (secondary N) is 3. The Bertz CT molecular complexity index is 905. The van der Waals surface area contributed by atoms with Crippen molar-refractivity contribution in [2.45, 2.75) is 0 Å². The van der Waals surface area contributed by atoms with Crippen molar-refractivity contribution in [1.29, 1.82) is 0 Å². The van der Waals surface area contributed by atoms with Gasteiger partial charge in [-0.3, -0.25) is 14.4 Å². The molecule has 0 aliphatic heterocycles. The van der Waals surface area contributed by atoms with Crippen LogP contribution in [-0.4, -0.2) is 50.8 Å². The number of benzene rings is 2. The predicted molar refractivity (Wildman–Crippen MR) is 113 cm³/mol. The molecule has 0 bridgehead atoms. The number of para-hydroxylation sites is 1. The molecule has 158 valence electrons. The van der Waals surface area contributed by atoms with Gasteiger partial charge in [-0.05, 0) is 35.9 Å². The number of hydrogen-bond donors (Lipinski definition) is 3. The largest absolute Gasteiger partial charge is 0.482 e. The second-order valence-electron chi connectivity index (χ2n) is 5.84. The molecule has 2 aromatic carbocycles. The summed E-state index contributed by atoms with van der Waals surface area (Å²) in [5.74, 6) is -1.73. The molecule has 0 saturated heterocycles. The van der Waals surface area contributed by atoms with Crippen molar-refractivity contribution < 1.29 is 23.9 Å². The SMILES string of the molecule is COCCNC(=O)C(=O)N/N=C\c1ccc(OCC(=O)Nc2ccccc2)c(Cl)c1. The van der Waals surface area contributed by atoms with E-state index >= 15 is 0 Å². The zero-order valence-electron chi connectivity index (χ0n) is 16.2. The van der Waals surface area contributed by atoms with Crippen LogP contribution in [0.5, 0.6) is 5.75 Å². The third-order valence-corrected chi connectivity index (χ3v) is 3.85. The molecule has 0 radical (unpaired) electrons. The van der Waals surface area contributed by atoms with Gasteiger partial charge in [-0.25, -0.2) is 5.43 Å². The maximum atomic E-state index is 11.9. The zero-order chi connectivity index (χ0) is 21.8. The molecule has 0 heterocycles. The molecule has 3 amide bonds. The lowest BCUT2D eigenvalue weighted by molar-refractivity contribution is -0.139. The lowest BCUT2D eigenvalue weighted by Crippen LogP contribution is -2.39. The Morgan fingerprint density at radius 3 is 2.57 bits per heavy atom. The number of hydrazone groups is 1. The van der Waals surface area contributed by atoms with Gasteiger partial charge in [0.25, 0.3) is 5.91 Å². The van der Waals surface area contributed by atoms with Crippen molar-refractivity contribution in [2.75, 3.05) is 32.2 Å². The van der Waals surface area contributed by atoms with Gasteiger partial charge in [0.15, 0.2) is 6.61 Å². The first kappa shape index (κ1) is 22.9. The van der Waals surface area contributed by atoms with Crippen molar-refractivity contribution in [1.82, 2.24) is 10.7 Å². The molecule has 3 N–H and O–H groups in total. The fraction of sp³-hybridized carbons (Fsp3) is 0.200. The van der Waals surface area contributed by atoms with E-state index in [1.165, 1.54) is 13.3 Å². The van der Waals surface area contributed by atoms with Gasteiger partial charge in [-0.15, -0.1) is 0 Å². The molecule has 30 heavy (non-hydrogen) atoms. The third kappa shape index (κ3) is 7.90. The molecule has 0 aliphatic rings. The molecule has 0 aliphatic carbocycles. The third-order valence-electron chi connectivity index (χ3n) is 3.55. The molecule has 0 aromatic heterocycles. The Labute approximate surface area is 178 Å². The summed E-state index contributed by atoms with van der Waals surface area (Å²) in [6.07, 6.45) is 1.32. The van der Waals surface area contributed by atoms with E-state index in [1.54, 1.807) is 30.3 Å². The Balaban J connectivity index is 1.81. The van der Waals surface area contributed by atoms with Crippen LogP contribution >= 0.6 is 11.6 Å². The van der Waals surface area contributed by atoms with Crippen LogP contribution in [0.4, 0.5) is 5.69 Å². The number of anilines is 1. The lowest BCUT2D eigenvalue weighted by atomic mass is 10.2. The number of rotatable bonds is 9. The quantitative estimate of drug-likeness (QED) is 0.240. The minimum absolute atomic E-state index is 0.212. The van der Waals surface area contributed by atoms with Crippen LogP contribution in [0.1, 0.15) is 5.56 Å². The summed E-state index contributed by atoms with van der Waals surface area (Å²) in [5, 5.41) is 9.03. The number of carbonyl (C=O) groups excluding carboxylic acids is 3. The van der Waals surface area contributed by atoms with Crippen molar-refractivity contribution in [3.8, 4) is 5.75 Å². The van der Waals surface area contributed by atoms with E-state index in [4.69, 9.17) is 21.1 Å². The van der Waals surface area contributed by atoms with E-state index in [-0.39, 0.29) is 24.1 Å². The summed E-state index contributed by atoms with van der Waals surface area (Å²) in [5.41, 5.74) is 3.33. The van der Waals surface area contributed by atoms with Gasteiger partial charge in [0.05, 0.1) is 17.8 Å². The summed E-state index contributed by atoms with van der Waals surface area (Å²) >= 11 is 6.15. The topological polar surface area (TPSA) is 118 Å². The van der Waals surface area contributed by atoms with Gasteiger partial charge in [0.1, 0.15) is 5.75 Å². The average Bonchev–Trinajstić information content (AvgIpc) is 2.74. The Hall–Kier alpha value is -3.43. The number of carbonyl (C=O) groups is 3. The molecular formula is C20H21ClN4O5. The van der Waals surface area contributed by atoms with E-state index in [9.17, 15) is 14.4 Å². The number of amides is 3. The molecule has 10 heteroatoms. The number of methoxy groups -OCH3 is 1. The monoisotopic (exact) mass is 432 g/mol. The molecular weight excluding hydrogens is 412 g/mol. The fourth-order valence-corrected chi connectivity index (χ4v) is 2.38. The van der Waals surface area contributed by atoms with Gasteiger partial charge < -0.3 is 20.1 Å². The van der Waals surface area contributed by atoms with Crippen molar-refractivity contribution >= 4 is 41.2 Å². The molecule has 0 spiro atoms. The lowest BCUT2D eigenvalue weighted by Gasteiger charge is -2.09. The number of hydrogen-bond acceptors (Lipinski definition) is 6. The van der Waals surface area contributed by atoms with Crippen LogP contribution in [0.15, 0.2) is 53.6 Å². The van der Waals surface area contributed by atoms with E-state index < -0.39 is 11.8 Å². The summed E-state index contributed by atoms with van der Waals surface area (Å²) in [6, 6.07) is 13.7.